The number of hydrogen-bond acceptors (Lipinski definition) is 2. The Labute approximate surface area is 290 Å². The second-order valence-corrected chi connectivity index (χ2v) is 13.0. The molecule has 0 atom stereocenters. The number of anilines is 3. The molecule has 0 aliphatic carbocycles. The fourth-order valence-electron chi connectivity index (χ4n) is 7.48. The van der Waals surface area contributed by atoms with Gasteiger partial charge in [0.25, 0.3) is 0 Å². The van der Waals surface area contributed by atoms with E-state index < -0.39 is 0 Å². The molecular formula is C48H31NO. The maximum absolute atomic E-state index is 6.35. The molecule has 10 aromatic rings. The molecule has 0 amide bonds. The predicted octanol–water partition coefficient (Wildman–Crippen LogP) is 13.8. The Hall–Kier alpha value is -6.64. The fraction of sp³-hybridized carbons (Fsp3) is 0. The summed E-state index contributed by atoms with van der Waals surface area (Å²) in [7, 11) is 0. The Morgan fingerprint density at radius 1 is 0.300 bits per heavy atom. The molecule has 0 saturated heterocycles. The zero-order valence-electron chi connectivity index (χ0n) is 27.3. The number of furan rings is 1. The molecular weight excluding hydrogens is 607 g/mol. The van der Waals surface area contributed by atoms with Crippen molar-refractivity contribution in [3.05, 3.63) is 188 Å². The number of para-hydroxylation sites is 1. The molecule has 234 valence electrons. The molecule has 50 heavy (non-hydrogen) atoms. The molecule has 0 saturated carbocycles. The highest BCUT2D eigenvalue weighted by Gasteiger charge is 2.17. The van der Waals surface area contributed by atoms with Gasteiger partial charge in [0.1, 0.15) is 11.2 Å². The number of benzene rings is 9. The molecule has 1 aromatic heterocycles. The van der Waals surface area contributed by atoms with E-state index in [1.165, 1.54) is 54.6 Å². The van der Waals surface area contributed by atoms with Gasteiger partial charge in [-0.05, 0) is 115 Å². The summed E-state index contributed by atoms with van der Waals surface area (Å²) in [5, 5.41) is 9.63. The van der Waals surface area contributed by atoms with Gasteiger partial charge in [0.15, 0.2) is 0 Å². The maximum Gasteiger partial charge on any atom is 0.137 e. The smallest absolute Gasteiger partial charge is 0.137 e. The predicted molar refractivity (Wildman–Crippen MR) is 212 cm³/mol. The van der Waals surface area contributed by atoms with Gasteiger partial charge < -0.3 is 9.32 Å². The Morgan fingerprint density at radius 2 is 0.780 bits per heavy atom. The zero-order chi connectivity index (χ0) is 33.0. The van der Waals surface area contributed by atoms with Gasteiger partial charge in [-0.2, -0.15) is 0 Å². The summed E-state index contributed by atoms with van der Waals surface area (Å²) in [6.07, 6.45) is 0. The second-order valence-electron chi connectivity index (χ2n) is 13.0. The van der Waals surface area contributed by atoms with Gasteiger partial charge in [0.2, 0.25) is 0 Å². The molecule has 0 aliphatic rings. The lowest BCUT2D eigenvalue weighted by Gasteiger charge is -2.26. The quantitative estimate of drug-likeness (QED) is 0.187. The number of fused-ring (bicyclic) bond motifs is 6. The van der Waals surface area contributed by atoms with Crippen molar-refractivity contribution >= 4 is 71.3 Å². The summed E-state index contributed by atoms with van der Waals surface area (Å²) in [5.74, 6) is 0. The largest absolute Gasteiger partial charge is 0.456 e. The normalized spacial score (nSPS) is 11.6. The van der Waals surface area contributed by atoms with Gasteiger partial charge in [-0.15, -0.1) is 0 Å². The van der Waals surface area contributed by atoms with Crippen LogP contribution in [0.4, 0.5) is 17.1 Å². The van der Waals surface area contributed by atoms with E-state index in [0.717, 1.165) is 39.0 Å². The van der Waals surface area contributed by atoms with Crippen molar-refractivity contribution in [1.29, 1.82) is 0 Å². The summed E-state index contributed by atoms with van der Waals surface area (Å²) in [5.41, 5.74) is 9.82. The summed E-state index contributed by atoms with van der Waals surface area (Å²) in [6, 6.07) is 67.7. The van der Waals surface area contributed by atoms with Gasteiger partial charge in [0, 0.05) is 33.9 Å². The third-order valence-electron chi connectivity index (χ3n) is 9.99. The molecule has 2 nitrogen and oxygen atoms in total. The van der Waals surface area contributed by atoms with Crippen LogP contribution < -0.4 is 4.90 Å². The van der Waals surface area contributed by atoms with Crippen LogP contribution in [0.25, 0.3) is 76.5 Å². The molecule has 0 bridgehead atoms. The lowest BCUT2D eigenvalue weighted by molar-refractivity contribution is 0.669. The van der Waals surface area contributed by atoms with Crippen LogP contribution in [-0.2, 0) is 0 Å². The molecule has 0 spiro atoms. The maximum atomic E-state index is 6.35. The van der Waals surface area contributed by atoms with Crippen LogP contribution in [0.3, 0.4) is 0 Å². The third kappa shape index (κ3) is 4.81. The van der Waals surface area contributed by atoms with E-state index >= 15 is 0 Å². The van der Waals surface area contributed by atoms with Crippen molar-refractivity contribution in [2.45, 2.75) is 0 Å². The molecule has 0 fully saturated rings. The van der Waals surface area contributed by atoms with Gasteiger partial charge in [-0.25, -0.2) is 0 Å². The van der Waals surface area contributed by atoms with E-state index in [4.69, 9.17) is 4.42 Å². The zero-order valence-corrected chi connectivity index (χ0v) is 27.3. The average Bonchev–Trinajstić information content (AvgIpc) is 3.55. The van der Waals surface area contributed by atoms with Crippen LogP contribution in [-0.4, -0.2) is 0 Å². The number of nitrogens with zero attached hydrogens (tertiary/aromatic N) is 1. The van der Waals surface area contributed by atoms with Crippen molar-refractivity contribution in [3.8, 4) is 22.3 Å². The molecule has 0 unspecified atom stereocenters. The van der Waals surface area contributed by atoms with Crippen LogP contribution in [0.5, 0.6) is 0 Å². The molecule has 0 aliphatic heterocycles. The minimum atomic E-state index is 0.877. The van der Waals surface area contributed by atoms with Crippen LogP contribution in [0.15, 0.2) is 192 Å². The fourth-order valence-corrected chi connectivity index (χ4v) is 7.48. The monoisotopic (exact) mass is 637 g/mol. The van der Waals surface area contributed by atoms with Crippen molar-refractivity contribution in [1.82, 2.24) is 0 Å². The van der Waals surface area contributed by atoms with Crippen molar-refractivity contribution in [2.75, 3.05) is 4.90 Å². The van der Waals surface area contributed by atoms with Crippen LogP contribution in [0.2, 0.25) is 0 Å². The summed E-state index contributed by atoms with van der Waals surface area (Å²) < 4.78 is 6.35. The van der Waals surface area contributed by atoms with Crippen molar-refractivity contribution in [2.24, 2.45) is 0 Å². The minimum Gasteiger partial charge on any atom is -0.456 e. The Balaban J connectivity index is 1.13. The van der Waals surface area contributed by atoms with E-state index in [0.29, 0.717) is 0 Å². The lowest BCUT2D eigenvalue weighted by Crippen LogP contribution is -2.09. The summed E-state index contributed by atoms with van der Waals surface area (Å²) in [6.45, 7) is 0. The van der Waals surface area contributed by atoms with Crippen molar-refractivity contribution < 1.29 is 4.42 Å². The Morgan fingerprint density at radius 3 is 1.50 bits per heavy atom. The van der Waals surface area contributed by atoms with Gasteiger partial charge in [0.05, 0.1) is 0 Å². The summed E-state index contributed by atoms with van der Waals surface area (Å²) >= 11 is 0. The van der Waals surface area contributed by atoms with E-state index in [9.17, 15) is 0 Å². The third-order valence-corrected chi connectivity index (χ3v) is 9.99. The van der Waals surface area contributed by atoms with E-state index in [-0.39, 0.29) is 0 Å². The van der Waals surface area contributed by atoms with Crippen molar-refractivity contribution in [3.63, 3.8) is 0 Å². The van der Waals surface area contributed by atoms with Gasteiger partial charge in [-0.3, -0.25) is 0 Å². The highest BCUT2D eigenvalue weighted by Crippen LogP contribution is 2.42. The Bertz CT molecular complexity index is 2880. The standard InChI is InChI=1S/C48H31NO/c1-3-11-35-27-39(18-17-32(35)9-1)46-30-38-14-6-5-13-37(38)29-45(46)34-20-22-40(23-21-34)49(41-24-19-33-10-2-4-12-36(33)28-41)42-25-26-44-43-15-7-8-16-47(43)50-48(44)31-42/h1-31H. The Kier molecular flexibility index (Phi) is 6.53. The highest BCUT2D eigenvalue weighted by atomic mass is 16.3. The van der Waals surface area contributed by atoms with Crippen LogP contribution in [0, 0.1) is 0 Å². The molecule has 0 radical (unpaired) electrons. The van der Waals surface area contributed by atoms with Gasteiger partial charge >= 0.3 is 0 Å². The first kappa shape index (κ1) is 28.4. The van der Waals surface area contributed by atoms with E-state index in [1.807, 2.05) is 12.1 Å². The molecule has 1 heterocycles. The summed E-state index contributed by atoms with van der Waals surface area (Å²) in [4.78, 5) is 2.33. The molecule has 2 heteroatoms. The second kappa shape index (κ2) is 11.5. The first-order valence-corrected chi connectivity index (χ1v) is 17.1. The van der Waals surface area contributed by atoms with Gasteiger partial charge in [-0.1, -0.05) is 121 Å². The topological polar surface area (TPSA) is 16.4 Å². The van der Waals surface area contributed by atoms with E-state index in [2.05, 4.69) is 181 Å². The van der Waals surface area contributed by atoms with Crippen LogP contribution >= 0.6 is 0 Å². The van der Waals surface area contributed by atoms with E-state index in [1.54, 1.807) is 0 Å². The first-order valence-electron chi connectivity index (χ1n) is 17.1. The number of hydrogen-bond donors (Lipinski definition) is 0. The molecule has 10 rings (SSSR count). The SMILES string of the molecule is c1ccc2cc(-c3cc4ccccc4cc3-c3ccc(N(c4ccc5ccccc5c4)c4ccc5c(c4)oc4ccccc45)cc3)ccc2c1. The molecule has 9 aromatic carbocycles. The minimum absolute atomic E-state index is 0.877. The lowest BCUT2D eigenvalue weighted by atomic mass is 9.90. The highest BCUT2D eigenvalue weighted by molar-refractivity contribution is 6.06. The number of rotatable bonds is 5. The first-order chi connectivity index (χ1) is 24.7. The molecule has 0 N–H and O–H groups in total. The van der Waals surface area contributed by atoms with Crippen LogP contribution in [0.1, 0.15) is 0 Å². The average molecular weight is 638 g/mol.